The molecule has 88 valence electrons. The van der Waals surface area contributed by atoms with Crippen molar-refractivity contribution in [1.29, 1.82) is 0 Å². The molecule has 1 aromatic rings. The molecule has 2 rings (SSSR count). The number of piperidine rings is 1. The molecule has 3 heteroatoms. The van der Waals surface area contributed by atoms with Crippen molar-refractivity contribution in [3.05, 3.63) is 29.1 Å². The summed E-state index contributed by atoms with van der Waals surface area (Å²) in [4.78, 5) is 0. The van der Waals surface area contributed by atoms with Crippen molar-refractivity contribution in [3.63, 3.8) is 0 Å². The van der Waals surface area contributed by atoms with Gasteiger partial charge in [-0.2, -0.15) is 0 Å². The highest BCUT2D eigenvalue weighted by atomic mass is 19.1. The molecule has 0 spiro atoms. The number of rotatable bonds is 2. The number of ether oxygens (including phenoxy) is 1. The molecule has 0 radical (unpaired) electrons. The molecule has 16 heavy (non-hydrogen) atoms. The van der Waals surface area contributed by atoms with Gasteiger partial charge in [-0.15, -0.1) is 0 Å². The zero-order valence-electron chi connectivity index (χ0n) is 9.85. The zero-order valence-corrected chi connectivity index (χ0v) is 9.85. The third kappa shape index (κ3) is 2.05. The Kier molecular flexibility index (Phi) is 3.44. The normalized spacial score (nSPS) is 17.4. The molecule has 1 aliphatic heterocycles. The van der Waals surface area contributed by atoms with E-state index in [4.69, 9.17) is 4.74 Å². The van der Waals surface area contributed by atoms with Crippen LogP contribution in [0.1, 0.15) is 29.9 Å². The van der Waals surface area contributed by atoms with Crippen LogP contribution in [0.5, 0.6) is 5.75 Å². The van der Waals surface area contributed by atoms with Crippen molar-refractivity contribution < 1.29 is 9.13 Å². The quantitative estimate of drug-likeness (QED) is 0.832. The molecule has 0 unspecified atom stereocenters. The highest BCUT2D eigenvalue weighted by Crippen LogP contribution is 2.35. The number of aryl methyl sites for hydroxylation is 1. The highest BCUT2D eigenvalue weighted by Gasteiger charge is 2.23. The number of nitrogens with one attached hydrogen (secondary N) is 1. The summed E-state index contributed by atoms with van der Waals surface area (Å²) in [5.74, 6) is 0.886. The van der Waals surface area contributed by atoms with Crippen LogP contribution in [-0.2, 0) is 0 Å². The maximum absolute atomic E-state index is 14.1. The van der Waals surface area contributed by atoms with Gasteiger partial charge in [-0.05, 0) is 50.4 Å². The van der Waals surface area contributed by atoms with Crippen LogP contribution in [0.4, 0.5) is 4.39 Å². The van der Waals surface area contributed by atoms with Crippen LogP contribution < -0.4 is 10.1 Å². The monoisotopic (exact) mass is 223 g/mol. The SMILES string of the molecule is COc1ccc(C)c(F)c1C1CCNCC1. The minimum absolute atomic E-state index is 0.0914. The molecule has 1 saturated heterocycles. The standard InChI is InChI=1S/C13H18FNO/c1-9-3-4-11(16-2)12(13(9)14)10-5-7-15-8-6-10/h3-4,10,15H,5-8H2,1-2H3. The molecule has 2 nitrogen and oxygen atoms in total. The smallest absolute Gasteiger partial charge is 0.133 e. The third-order valence-corrected chi connectivity index (χ3v) is 3.30. The van der Waals surface area contributed by atoms with Gasteiger partial charge in [-0.25, -0.2) is 4.39 Å². The molecule has 1 fully saturated rings. The van der Waals surface area contributed by atoms with Crippen molar-refractivity contribution in [3.8, 4) is 5.75 Å². The predicted octanol–water partition coefficient (Wildman–Crippen LogP) is 2.61. The second kappa shape index (κ2) is 4.83. The molecule has 0 amide bonds. The fourth-order valence-electron chi connectivity index (χ4n) is 2.35. The number of benzene rings is 1. The molecular weight excluding hydrogens is 205 g/mol. The van der Waals surface area contributed by atoms with Crippen molar-refractivity contribution in [2.45, 2.75) is 25.7 Å². The lowest BCUT2D eigenvalue weighted by Crippen LogP contribution is -2.27. The van der Waals surface area contributed by atoms with Gasteiger partial charge in [0, 0.05) is 5.56 Å². The van der Waals surface area contributed by atoms with Gasteiger partial charge in [0.2, 0.25) is 0 Å². The van der Waals surface area contributed by atoms with Crippen molar-refractivity contribution >= 4 is 0 Å². The number of methoxy groups -OCH3 is 1. The Morgan fingerprint density at radius 2 is 2.00 bits per heavy atom. The van der Waals surface area contributed by atoms with E-state index in [1.165, 1.54) is 0 Å². The second-order valence-electron chi connectivity index (χ2n) is 4.34. The van der Waals surface area contributed by atoms with Crippen molar-refractivity contribution in [2.75, 3.05) is 20.2 Å². The van der Waals surface area contributed by atoms with Gasteiger partial charge in [0.1, 0.15) is 11.6 Å². The molecule has 0 aromatic heterocycles. The summed E-state index contributed by atoms with van der Waals surface area (Å²) in [6.45, 7) is 3.72. The first-order valence-corrected chi connectivity index (χ1v) is 5.77. The summed E-state index contributed by atoms with van der Waals surface area (Å²) in [7, 11) is 1.61. The van der Waals surface area contributed by atoms with E-state index in [1.54, 1.807) is 20.1 Å². The molecule has 1 aromatic carbocycles. The van der Waals surface area contributed by atoms with E-state index in [2.05, 4.69) is 5.32 Å². The minimum Gasteiger partial charge on any atom is -0.496 e. The van der Waals surface area contributed by atoms with Gasteiger partial charge in [0.15, 0.2) is 0 Å². The Hall–Kier alpha value is -1.09. The minimum atomic E-state index is -0.0914. The van der Waals surface area contributed by atoms with Gasteiger partial charge in [-0.3, -0.25) is 0 Å². The Balaban J connectivity index is 2.39. The van der Waals surface area contributed by atoms with E-state index in [0.29, 0.717) is 11.3 Å². The average Bonchev–Trinajstić information content (AvgIpc) is 2.33. The summed E-state index contributed by atoms with van der Waals surface area (Å²) < 4.78 is 19.4. The summed E-state index contributed by atoms with van der Waals surface area (Å²) in [5.41, 5.74) is 1.47. The highest BCUT2D eigenvalue weighted by molar-refractivity contribution is 5.41. The van der Waals surface area contributed by atoms with E-state index in [0.717, 1.165) is 31.5 Å². The predicted molar refractivity (Wildman–Crippen MR) is 62.5 cm³/mol. The van der Waals surface area contributed by atoms with Gasteiger partial charge >= 0.3 is 0 Å². The molecule has 0 bridgehead atoms. The summed E-state index contributed by atoms with van der Waals surface area (Å²) >= 11 is 0. The van der Waals surface area contributed by atoms with Crippen LogP contribution >= 0.6 is 0 Å². The second-order valence-corrected chi connectivity index (χ2v) is 4.34. The number of hydrogen-bond donors (Lipinski definition) is 1. The van der Waals surface area contributed by atoms with Crippen LogP contribution in [-0.4, -0.2) is 20.2 Å². The number of halogens is 1. The lowest BCUT2D eigenvalue weighted by atomic mass is 9.88. The third-order valence-electron chi connectivity index (χ3n) is 3.30. The molecule has 1 aliphatic rings. The molecule has 0 atom stereocenters. The number of hydrogen-bond acceptors (Lipinski definition) is 2. The molecule has 0 saturated carbocycles. The van der Waals surface area contributed by atoms with Gasteiger partial charge in [0.05, 0.1) is 7.11 Å². The van der Waals surface area contributed by atoms with Crippen LogP contribution in [0.15, 0.2) is 12.1 Å². The first-order valence-electron chi connectivity index (χ1n) is 5.77. The van der Waals surface area contributed by atoms with E-state index >= 15 is 0 Å². The van der Waals surface area contributed by atoms with Crippen molar-refractivity contribution in [1.82, 2.24) is 5.32 Å². The average molecular weight is 223 g/mol. The van der Waals surface area contributed by atoms with Crippen LogP contribution in [0, 0.1) is 12.7 Å². The lowest BCUT2D eigenvalue weighted by Gasteiger charge is -2.25. The fraction of sp³-hybridized carbons (Fsp3) is 0.538. The lowest BCUT2D eigenvalue weighted by molar-refractivity contribution is 0.381. The van der Waals surface area contributed by atoms with E-state index in [-0.39, 0.29) is 11.7 Å². The largest absolute Gasteiger partial charge is 0.496 e. The van der Waals surface area contributed by atoms with Crippen LogP contribution in [0.25, 0.3) is 0 Å². The molecule has 1 N–H and O–H groups in total. The van der Waals surface area contributed by atoms with Crippen LogP contribution in [0.3, 0.4) is 0 Å². The Morgan fingerprint density at radius 3 is 2.62 bits per heavy atom. The summed E-state index contributed by atoms with van der Waals surface area (Å²) in [5, 5.41) is 3.29. The van der Waals surface area contributed by atoms with E-state index in [9.17, 15) is 4.39 Å². The van der Waals surface area contributed by atoms with Gasteiger partial charge < -0.3 is 10.1 Å². The first-order chi connectivity index (χ1) is 7.74. The Morgan fingerprint density at radius 1 is 1.31 bits per heavy atom. The van der Waals surface area contributed by atoms with E-state index in [1.807, 2.05) is 6.07 Å². The topological polar surface area (TPSA) is 21.3 Å². The summed E-state index contributed by atoms with van der Waals surface area (Å²) in [6.07, 6.45) is 1.97. The Bertz CT molecular complexity index is 372. The fourth-order valence-corrected chi connectivity index (χ4v) is 2.35. The van der Waals surface area contributed by atoms with Gasteiger partial charge in [-0.1, -0.05) is 6.07 Å². The maximum atomic E-state index is 14.1. The molecule has 1 heterocycles. The van der Waals surface area contributed by atoms with Crippen LogP contribution in [0.2, 0.25) is 0 Å². The molecule has 0 aliphatic carbocycles. The van der Waals surface area contributed by atoms with Crippen molar-refractivity contribution in [2.24, 2.45) is 0 Å². The Labute approximate surface area is 95.8 Å². The zero-order chi connectivity index (χ0) is 11.5. The first kappa shape index (κ1) is 11.4. The van der Waals surface area contributed by atoms with Gasteiger partial charge in [0.25, 0.3) is 0 Å². The van der Waals surface area contributed by atoms with E-state index < -0.39 is 0 Å². The maximum Gasteiger partial charge on any atom is 0.133 e. The molecular formula is C13H18FNO. The summed E-state index contributed by atoms with van der Waals surface area (Å²) in [6, 6.07) is 3.65.